The van der Waals surface area contributed by atoms with Crippen molar-refractivity contribution >= 4 is 6.08 Å². The summed E-state index contributed by atoms with van der Waals surface area (Å²) in [4.78, 5) is 0. The number of allylic oxidation sites excluding steroid dienone is 3. The lowest BCUT2D eigenvalue weighted by Crippen LogP contribution is -1.97. The molecule has 0 heteroatoms. The van der Waals surface area contributed by atoms with Crippen LogP contribution in [0.4, 0.5) is 0 Å². The van der Waals surface area contributed by atoms with Crippen molar-refractivity contribution in [2.75, 3.05) is 0 Å². The van der Waals surface area contributed by atoms with Gasteiger partial charge in [0.15, 0.2) is 0 Å². The number of rotatable bonds is 1. The minimum atomic E-state index is 1.27. The molecule has 0 aromatic heterocycles. The highest BCUT2D eigenvalue weighted by atomic mass is 14.1. The smallest absolute Gasteiger partial charge is 0.0467 e. The summed E-state index contributed by atoms with van der Waals surface area (Å²) in [6.45, 7) is 4.17. The maximum atomic E-state index is 2.22. The maximum absolute atomic E-state index is 2.22. The first-order chi connectivity index (χ1) is 6.79. The first kappa shape index (κ1) is 9.01. The zero-order valence-electron chi connectivity index (χ0n) is 8.62. The lowest BCUT2D eigenvalue weighted by Gasteiger charge is -2.31. The van der Waals surface area contributed by atoms with Gasteiger partial charge < -0.3 is 0 Å². The van der Waals surface area contributed by atoms with Crippen molar-refractivity contribution in [2.45, 2.75) is 13.8 Å². The van der Waals surface area contributed by atoms with Gasteiger partial charge in [0.05, 0.1) is 0 Å². The molecule has 1 aliphatic carbocycles. The lowest BCUT2D eigenvalue weighted by atomic mass is 9.91. The highest BCUT2D eigenvalue weighted by molar-refractivity contribution is 5.58. The van der Waals surface area contributed by atoms with E-state index in [1.165, 1.54) is 22.3 Å². The number of fused-ring (bicyclic) bond motifs is 1. The summed E-state index contributed by atoms with van der Waals surface area (Å²) >= 11 is 0. The van der Waals surface area contributed by atoms with Crippen molar-refractivity contribution in [3.05, 3.63) is 65.5 Å². The van der Waals surface area contributed by atoms with Gasteiger partial charge in [0.25, 0.3) is 0 Å². The molecule has 0 fully saturated rings. The van der Waals surface area contributed by atoms with Crippen molar-refractivity contribution in [3.8, 4) is 0 Å². The van der Waals surface area contributed by atoms with Gasteiger partial charge in [-0.3, -0.25) is 0 Å². The van der Waals surface area contributed by atoms with Crippen molar-refractivity contribution in [2.24, 2.45) is 0 Å². The fourth-order valence-corrected chi connectivity index (χ4v) is 1.68. The molecule has 0 spiro atoms. The predicted molar refractivity (Wildman–Crippen MR) is 61.7 cm³/mol. The van der Waals surface area contributed by atoms with Crippen LogP contribution in [-0.4, -0.2) is 0 Å². The summed E-state index contributed by atoms with van der Waals surface area (Å²) in [5.74, 6) is 0. The van der Waals surface area contributed by atoms with E-state index in [0.717, 1.165) is 0 Å². The Balaban J connectivity index is 2.35. The van der Waals surface area contributed by atoms with Crippen molar-refractivity contribution < 1.29 is 0 Å². The summed E-state index contributed by atoms with van der Waals surface area (Å²) < 4.78 is 0. The van der Waals surface area contributed by atoms with E-state index in [1.54, 1.807) is 0 Å². The Morgan fingerprint density at radius 3 is 2.86 bits per heavy atom. The van der Waals surface area contributed by atoms with Crippen molar-refractivity contribution in [1.29, 1.82) is 0 Å². The summed E-state index contributed by atoms with van der Waals surface area (Å²) in [5, 5.41) is 0. The zero-order valence-corrected chi connectivity index (χ0v) is 8.62. The van der Waals surface area contributed by atoms with Gasteiger partial charge in [0, 0.05) is 0 Å². The second-order valence-corrected chi connectivity index (χ2v) is 3.61. The summed E-state index contributed by atoms with van der Waals surface area (Å²) in [5.41, 5.74) is 5.21. The average molecular weight is 182 g/mol. The van der Waals surface area contributed by atoms with Crippen molar-refractivity contribution in [3.63, 3.8) is 0 Å². The van der Waals surface area contributed by atoms with Gasteiger partial charge in [0.2, 0.25) is 0 Å². The number of benzene rings is 1. The van der Waals surface area contributed by atoms with Crippen molar-refractivity contribution in [1.82, 2.24) is 0 Å². The SMILES string of the molecule is CC=Cc1ccc2c(c1)[CH-]C=C(C)[CH-]2. The number of hydrogen-bond acceptors (Lipinski definition) is 0. The van der Waals surface area contributed by atoms with Gasteiger partial charge in [-0.2, -0.15) is 12.1 Å². The normalized spacial score (nSPS) is 14.3. The standard InChI is InChI=1S/C14H14/c1-3-4-12-6-8-13-9-11(2)5-7-14(13)10-12/h3-10H,1-2H3/q-2. The molecule has 0 heterocycles. The van der Waals surface area contributed by atoms with Crippen LogP contribution in [0.1, 0.15) is 30.5 Å². The molecule has 0 nitrogen and oxygen atoms in total. The van der Waals surface area contributed by atoms with E-state index >= 15 is 0 Å². The summed E-state index contributed by atoms with van der Waals surface area (Å²) in [7, 11) is 0. The Kier molecular flexibility index (Phi) is 2.36. The molecule has 0 bridgehead atoms. The zero-order chi connectivity index (χ0) is 9.97. The predicted octanol–water partition coefficient (Wildman–Crippen LogP) is 3.78. The van der Waals surface area contributed by atoms with E-state index in [2.05, 4.69) is 56.2 Å². The molecule has 0 saturated heterocycles. The fraction of sp³-hybridized carbons (Fsp3) is 0.143. The molecular formula is C14H14-2. The Labute approximate surface area is 86.0 Å². The van der Waals surface area contributed by atoms with Crippen LogP contribution in [0.25, 0.3) is 6.08 Å². The van der Waals surface area contributed by atoms with Gasteiger partial charge in [-0.1, -0.05) is 24.6 Å². The van der Waals surface area contributed by atoms with Crippen LogP contribution in [0.3, 0.4) is 0 Å². The Morgan fingerprint density at radius 2 is 2.07 bits per heavy atom. The Hall–Kier alpha value is -1.56. The first-order valence-corrected chi connectivity index (χ1v) is 4.93. The molecule has 1 aliphatic rings. The molecule has 0 aliphatic heterocycles. The quantitative estimate of drug-likeness (QED) is 0.580. The molecule has 14 heavy (non-hydrogen) atoms. The van der Waals surface area contributed by atoms with E-state index in [4.69, 9.17) is 0 Å². The van der Waals surface area contributed by atoms with Gasteiger partial charge in [-0.15, -0.1) is 6.07 Å². The van der Waals surface area contributed by atoms with E-state index in [1.807, 2.05) is 6.92 Å². The third-order valence-corrected chi connectivity index (χ3v) is 2.38. The second-order valence-electron chi connectivity index (χ2n) is 3.61. The molecular weight excluding hydrogens is 168 g/mol. The fourth-order valence-electron chi connectivity index (χ4n) is 1.68. The Bertz CT molecular complexity index is 394. The summed E-state index contributed by atoms with van der Waals surface area (Å²) in [6, 6.07) is 6.55. The second kappa shape index (κ2) is 3.67. The maximum Gasteiger partial charge on any atom is -0.0467 e. The third kappa shape index (κ3) is 1.69. The van der Waals surface area contributed by atoms with Crippen LogP contribution in [0, 0.1) is 12.8 Å². The number of hydrogen-bond donors (Lipinski definition) is 0. The molecule has 0 atom stereocenters. The molecule has 0 unspecified atom stereocenters. The largest absolute Gasteiger partial charge is 0.233 e. The van der Waals surface area contributed by atoms with Crippen LogP contribution in [-0.2, 0) is 0 Å². The molecule has 72 valence electrons. The monoisotopic (exact) mass is 182 g/mol. The van der Waals surface area contributed by atoms with Gasteiger partial charge >= 0.3 is 0 Å². The molecule has 1 aromatic rings. The third-order valence-electron chi connectivity index (χ3n) is 2.38. The van der Waals surface area contributed by atoms with E-state index in [9.17, 15) is 0 Å². The van der Waals surface area contributed by atoms with Crippen LogP contribution < -0.4 is 0 Å². The van der Waals surface area contributed by atoms with Gasteiger partial charge in [-0.05, 0) is 6.92 Å². The Morgan fingerprint density at radius 1 is 1.21 bits per heavy atom. The van der Waals surface area contributed by atoms with Crippen LogP contribution in [0.2, 0.25) is 0 Å². The topological polar surface area (TPSA) is 0 Å². The van der Waals surface area contributed by atoms with E-state index in [-0.39, 0.29) is 0 Å². The molecule has 0 saturated carbocycles. The molecule has 1 aromatic carbocycles. The lowest BCUT2D eigenvalue weighted by molar-refractivity contribution is 1.27. The van der Waals surface area contributed by atoms with Crippen LogP contribution in [0.15, 0.2) is 35.9 Å². The molecule has 0 amide bonds. The minimum absolute atomic E-state index is 1.27. The van der Waals surface area contributed by atoms with E-state index in [0.29, 0.717) is 0 Å². The first-order valence-electron chi connectivity index (χ1n) is 4.93. The highest BCUT2D eigenvalue weighted by Crippen LogP contribution is 2.25. The van der Waals surface area contributed by atoms with Crippen LogP contribution >= 0.6 is 0 Å². The molecule has 2 rings (SSSR count). The summed E-state index contributed by atoms with van der Waals surface area (Å²) in [6.07, 6.45) is 10.7. The molecule has 0 radical (unpaired) electrons. The van der Waals surface area contributed by atoms with Crippen LogP contribution in [0.5, 0.6) is 0 Å². The molecule has 0 N–H and O–H groups in total. The minimum Gasteiger partial charge on any atom is -0.233 e. The average Bonchev–Trinajstić information content (AvgIpc) is 2.19. The van der Waals surface area contributed by atoms with Gasteiger partial charge in [0.1, 0.15) is 0 Å². The van der Waals surface area contributed by atoms with Gasteiger partial charge in [-0.25, -0.2) is 35.6 Å². The van der Waals surface area contributed by atoms with E-state index < -0.39 is 0 Å². The highest BCUT2D eigenvalue weighted by Gasteiger charge is 1.91.